The van der Waals surface area contributed by atoms with E-state index in [2.05, 4.69) is 15.8 Å². The summed E-state index contributed by atoms with van der Waals surface area (Å²) in [5, 5.41) is 7.60. The minimum atomic E-state index is 0.435. The quantitative estimate of drug-likeness (QED) is 0.516. The number of para-hydroxylation sites is 1. The van der Waals surface area contributed by atoms with Gasteiger partial charge in [-0.2, -0.15) is 5.10 Å². The molecule has 0 aromatic heterocycles. The molecule has 0 aliphatic heterocycles. The van der Waals surface area contributed by atoms with Gasteiger partial charge in [-0.1, -0.05) is 29.8 Å². The van der Waals surface area contributed by atoms with Crippen LogP contribution in [0.3, 0.4) is 0 Å². The summed E-state index contributed by atoms with van der Waals surface area (Å²) in [6.07, 6.45) is 1.67. The molecular weight excluding hydrogens is 282 g/mol. The Morgan fingerprint density at radius 3 is 2.57 bits per heavy atom. The third-order valence-corrected chi connectivity index (χ3v) is 3.01. The van der Waals surface area contributed by atoms with Crippen molar-refractivity contribution in [3.8, 4) is 5.75 Å². The maximum Gasteiger partial charge on any atom is 0.191 e. The molecule has 0 bridgehead atoms. The number of aryl methyl sites for hydroxylation is 1. The molecule has 21 heavy (non-hydrogen) atoms. The third kappa shape index (κ3) is 4.57. The zero-order chi connectivity index (χ0) is 15.1. The van der Waals surface area contributed by atoms with Crippen LogP contribution in [0.4, 0.5) is 5.69 Å². The molecule has 108 valence electrons. The van der Waals surface area contributed by atoms with Gasteiger partial charge in [-0.3, -0.25) is 5.43 Å². The fourth-order valence-electron chi connectivity index (χ4n) is 1.73. The molecule has 5 heteroatoms. The van der Waals surface area contributed by atoms with Crippen LogP contribution in [0.15, 0.2) is 53.6 Å². The molecule has 2 rings (SSSR count). The summed E-state index contributed by atoms with van der Waals surface area (Å²) in [4.78, 5) is 0. The summed E-state index contributed by atoms with van der Waals surface area (Å²) in [6, 6.07) is 15.6. The Balaban J connectivity index is 1.91. The summed E-state index contributed by atoms with van der Waals surface area (Å²) >= 11 is 5.18. The fraction of sp³-hybridized carbons (Fsp3) is 0.125. The average molecular weight is 299 g/mol. The average Bonchev–Trinajstić information content (AvgIpc) is 2.50. The highest BCUT2D eigenvalue weighted by Crippen LogP contribution is 2.14. The van der Waals surface area contributed by atoms with Crippen molar-refractivity contribution in [1.29, 1.82) is 0 Å². The van der Waals surface area contributed by atoms with E-state index in [1.165, 1.54) is 5.56 Å². The smallest absolute Gasteiger partial charge is 0.191 e. The summed E-state index contributed by atoms with van der Waals surface area (Å²) in [7, 11) is 1.63. The number of hydrogen-bond donors (Lipinski definition) is 2. The van der Waals surface area contributed by atoms with Crippen LogP contribution in [0.2, 0.25) is 0 Å². The maximum absolute atomic E-state index is 5.24. The maximum atomic E-state index is 5.24. The van der Waals surface area contributed by atoms with E-state index < -0.39 is 0 Å². The molecule has 4 nitrogen and oxygen atoms in total. The molecule has 2 aromatic carbocycles. The number of rotatable bonds is 4. The van der Waals surface area contributed by atoms with Crippen molar-refractivity contribution in [2.45, 2.75) is 6.92 Å². The van der Waals surface area contributed by atoms with Crippen LogP contribution in [0.1, 0.15) is 11.1 Å². The van der Waals surface area contributed by atoms with Crippen LogP contribution < -0.4 is 15.5 Å². The number of thiocarbonyl (C=S) groups is 1. The number of methoxy groups -OCH3 is 1. The second-order valence-corrected chi connectivity index (χ2v) is 4.84. The molecule has 0 amide bonds. The van der Waals surface area contributed by atoms with Crippen LogP contribution >= 0.6 is 12.2 Å². The lowest BCUT2D eigenvalue weighted by atomic mass is 10.2. The van der Waals surface area contributed by atoms with Crippen LogP contribution in [0, 0.1) is 6.92 Å². The number of nitrogens with zero attached hydrogens (tertiary/aromatic N) is 1. The first-order chi connectivity index (χ1) is 10.2. The molecule has 0 heterocycles. The lowest BCUT2D eigenvalue weighted by Crippen LogP contribution is -2.23. The Bertz CT molecular complexity index is 638. The second kappa shape index (κ2) is 7.40. The van der Waals surface area contributed by atoms with E-state index in [1.54, 1.807) is 13.3 Å². The highest BCUT2D eigenvalue weighted by molar-refractivity contribution is 7.80. The Morgan fingerprint density at radius 2 is 1.86 bits per heavy atom. The van der Waals surface area contributed by atoms with Crippen LogP contribution in [-0.2, 0) is 0 Å². The first kappa shape index (κ1) is 15.0. The van der Waals surface area contributed by atoms with Crippen molar-refractivity contribution in [2.24, 2.45) is 5.10 Å². The number of anilines is 1. The molecule has 0 fully saturated rings. The van der Waals surface area contributed by atoms with Crippen LogP contribution in [0.25, 0.3) is 0 Å². The molecule has 0 saturated heterocycles. The molecular formula is C16H17N3OS. The molecule has 2 N–H and O–H groups in total. The van der Waals surface area contributed by atoms with E-state index in [1.807, 2.05) is 55.5 Å². The van der Waals surface area contributed by atoms with E-state index >= 15 is 0 Å². The molecule has 0 saturated carbocycles. The van der Waals surface area contributed by atoms with Crippen molar-refractivity contribution >= 4 is 29.2 Å². The molecule has 0 radical (unpaired) electrons. The van der Waals surface area contributed by atoms with Gasteiger partial charge in [-0.25, -0.2) is 0 Å². The van der Waals surface area contributed by atoms with Crippen molar-refractivity contribution in [2.75, 3.05) is 12.4 Å². The van der Waals surface area contributed by atoms with Gasteiger partial charge in [0.25, 0.3) is 0 Å². The normalized spacial score (nSPS) is 10.4. The molecule has 0 unspecified atom stereocenters. The first-order valence-corrected chi connectivity index (χ1v) is 6.89. The zero-order valence-electron chi connectivity index (χ0n) is 12.0. The lowest BCUT2D eigenvalue weighted by molar-refractivity contribution is 0.414. The van der Waals surface area contributed by atoms with Crippen molar-refractivity contribution in [3.63, 3.8) is 0 Å². The van der Waals surface area contributed by atoms with E-state index in [0.29, 0.717) is 5.11 Å². The predicted octanol–water partition coefficient (Wildman–Crippen LogP) is 3.32. The summed E-state index contributed by atoms with van der Waals surface area (Å²) < 4.78 is 5.24. The van der Waals surface area contributed by atoms with Crippen LogP contribution in [0.5, 0.6) is 5.75 Å². The Morgan fingerprint density at radius 1 is 1.14 bits per heavy atom. The summed E-state index contributed by atoms with van der Waals surface area (Å²) in [5.74, 6) is 0.764. The van der Waals surface area contributed by atoms with Crippen molar-refractivity contribution in [3.05, 3.63) is 59.7 Å². The topological polar surface area (TPSA) is 45.6 Å². The highest BCUT2D eigenvalue weighted by Gasteiger charge is 1.98. The van der Waals surface area contributed by atoms with E-state index in [0.717, 1.165) is 17.0 Å². The summed E-state index contributed by atoms with van der Waals surface area (Å²) in [6.45, 7) is 2.04. The number of ether oxygens (including phenoxy) is 1. The van der Waals surface area contributed by atoms with Crippen molar-refractivity contribution in [1.82, 2.24) is 5.43 Å². The van der Waals surface area contributed by atoms with Gasteiger partial charge < -0.3 is 10.1 Å². The molecule has 0 aliphatic carbocycles. The molecule has 0 aliphatic rings. The minimum absolute atomic E-state index is 0.435. The summed E-state index contributed by atoms with van der Waals surface area (Å²) in [5.41, 5.74) is 5.78. The van der Waals surface area contributed by atoms with Crippen LogP contribution in [-0.4, -0.2) is 18.4 Å². The number of hydrogen-bond acceptors (Lipinski definition) is 3. The lowest BCUT2D eigenvalue weighted by Gasteiger charge is -2.07. The van der Waals surface area contributed by atoms with Gasteiger partial charge in [-0.15, -0.1) is 0 Å². The highest BCUT2D eigenvalue weighted by atomic mass is 32.1. The number of benzene rings is 2. The largest absolute Gasteiger partial charge is 0.496 e. The van der Waals surface area contributed by atoms with E-state index in [4.69, 9.17) is 17.0 Å². The van der Waals surface area contributed by atoms with Gasteiger partial charge in [-0.05, 0) is 43.4 Å². The number of hydrazone groups is 1. The minimum Gasteiger partial charge on any atom is -0.496 e. The Hall–Kier alpha value is -2.40. The molecule has 0 spiro atoms. The molecule has 2 aromatic rings. The third-order valence-electron chi connectivity index (χ3n) is 2.82. The second-order valence-electron chi connectivity index (χ2n) is 4.43. The predicted molar refractivity (Wildman–Crippen MR) is 91.1 cm³/mol. The van der Waals surface area contributed by atoms with Crippen molar-refractivity contribution < 1.29 is 4.74 Å². The monoisotopic (exact) mass is 299 g/mol. The van der Waals surface area contributed by atoms with Gasteiger partial charge >= 0.3 is 0 Å². The molecule has 0 atom stereocenters. The van der Waals surface area contributed by atoms with Gasteiger partial charge in [0.1, 0.15) is 5.75 Å². The van der Waals surface area contributed by atoms with Gasteiger partial charge in [0, 0.05) is 11.3 Å². The first-order valence-electron chi connectivity index (χ1n) is 6.49. The zero-order valence-corrected chi connectivity index (χ0v) is 12.8. The Labute approximate surface area is 129 Å². The van der Waals surface area contributed by atoms with E-state index in [9.17, 15) is 0 Å². The standard InChI is InChI=1S/C16H17N3OS/c1-12-7-9-14(10-8-12)18-16(21)19-17-11-13-5-3-4-6-15(13)20-2/h3-11H,1-2H3,(H2,18,19,21)/b17-11+. The van der Waals surface area contributed by atoms with Gasteiger partial charge in [0.15, 0.2) is 5.11 Å². The Kier molecular flexibility index (Phi) is 5.29. The van der Waals surface area contributed by atoms with E-state index in [-0.39, 0.29) is 0 Å². The van der Waals surface area contributed by atoms with Gasteiger partial charge in [0.05, 0.1) is 13.3 Å². The number of nitrogens with one attached hydrogen (secondary N) is 2. The van der Waals surface area contributed by atoms with Gasteiger partial charge in [0.2, 0.25) is 0 Å². The fourth-order valence-corrected chi connectivity index (χ4v) is 1.90. The SMILES string of the molecule is COc1ccccc1/C=N/NC(=S)Nc1ccc(C)cc1.